The van der Waals surface area contributed by atoms with Crippen molar-refractivity contribution in [3.63, 3.8) is 0 Å². The molecule has 14 heteroatoms. The van der Waals surface area contributed by atoms with Gasteiger partial charge < -0.3 is 36.6 Å². The van der Waals surface area contributed by atoms with Crippen LogP contribution in [0.2, 0.25) is 0 Å². The topological polar surface area (TPSA) is 214 Å². The van der Waals surface area contributed by atoms with Gasteiger partial charge in [0.05, 0.1) is 35.4 Å². The van der Waals surface area contributed by atoms with Crippen molar-refractivity contribution in [2.45, 2.75) is 55.7 Å². The lowest BCUT2D eigenvalue weighted by atomic mass is 9.54. The molecule has 2 amide bonds. The number of benzene rings is 1. The number of rotatable bonds is 5. The van der Waals surface area contributed by atoms with E-state index in [4.69, 9.17) is 5.73 Å². The Balaban J connectivity index is 1.60. The number of carbonyl (C=O) groups excluding carboxylic acids is 4. The summed E-state index contributed by atoms with van der Waals surface area (Å²) >= 11 is 1.82. The third-order valence-corrected chi connectivity index (χ3v) is 10.7. The van der Waals surface area contributed by atoms with Crippen molar-refractivity contribution in [2.75, 3.05) is 38.3 Å². The first-order valence-corrected chi connectivity index (χ1v) is 15.5. The number of ketones is 2. The molecule has 8 N–H and O–H groups in total. The van der Waals surface area contributed by atoms with E-state index < -0.39 is 87.4 Å². The number of aromatic hydroxyl groups is 1. The summed E-state index contributed by atoms with van der Waals surface area (Å²) in [4.78, 5) is 56.1. The monoisotopic (exact) mass is 630 g/mol. The van der Waals surface area contributed by atoms with Gasteiger partial charge in [-0.15, -0.1) is 0 Å². The van der Waals surface area contributed by atoms with Crippen LogP contribution >= 0.6 is 11.8 Å². The fraction of sp³-hybridized carbons (Fsp3) is 0.533. The number of Topliss-reactive ketones (excluding diaryl/α,β-unsaturated/α-hetero) is 2. The number of nitrogens with two attached hydrogens (primary N) is 1. The van der Waals surface area contributed by atoms with Crippen molar-refractivity contribution in [2.24, 2.45) is 17.6 Å². The number of nitrogens with zero attached hydrogens (tertiary/aromatic N) is 2. The number of nitrogens with one attached hydrogen (secondary N) is 1. The molecule has 1 aromatic rings. The van der Waals surface area contributed by atoms with E-state index in [1.54, 1.807) is 19.9 Å². The van der Waals surface area contributed by atoms with Gasteiger partial charge in [0.25, 0.3) is 5.91 Å². The zero-order valence-corrected chi connectivity index (χ0v) is 25.9. The van der Waals surface area contributed by atoms with Crippen molar-refractivity contribution in [1.82, 2.24) is 9.80 Å². The van der Waals surface area contributed by atoms with Gasteiger partial charge in [-0.1, -0.05) is 19.9 Å². The van der Waals surface area contributed by atoms with Crippen LogP contribution in [0.1, 0.15) is 37.8 Å². The minimum atomic E-state index is -3.00. The van der Waals surface area contributed by atoms with Gasteiger partial charge in [-0.25, -0.2) is 0 Å². The molecule has 1 saturated carbocycles. The van der Waals surface area contributed by atoms with Crippen molar-refractivity contribution in [3.05, 3.63) is 40.2 Å². The lowest BCUT2D eigenvalue weighted by molar-refractivity contribution is -0.169. The van der Waals surface area contributed by atoms with E-state index in [2.05, 4.69) is 12.2 Å². The van der Waals surface area contributed by atoms with Crippen molar-refractivity contribution in [1.29, 1.82) is 0 Å². The van der Waals surface area contributed by atoms with E-state index >= 15 is 0 Å². The second kappa shape index (κ2) is 11.2. The van der Waals surface area contributed by atoms with Crippen LogP contribution in [0.3, 0.4) is 0 Å². The highest BCUT2D eigenvalue weighted by molar-refractivity contribution is 7.99. The maximum atomic E-state index is 14.1. The Kier molecular flexibility index (Phi) is 8.12. The third-order valence-electron chi connectivity index (χ3n) is 9.59. The average Bonchev–Trinajstić information content (AvgIpc) is 2.95. The fourth-order valence-electron chi connectivity index (χ4n) is 7.32. The van der Waals surface area contributed by atoms with E-state index in [0.29, 0.717) is 17.4 Å². The summed E-state index contributed by atoms with van der Waals surface area (Å²) in [6.45, 7) is 6.92. The molecule has 2 fully saturated rings. The first kappa shape index (κ1) is 32.0. The Morgan fingerprint density at radius 1 is 1.18 bits per heavy atom. The van der Waals surface area contributed by atoms with Gasteiger partial charge >= 0.3 is 0 Å². The van der Waals surface area contributed by atoms with Gasteiger partial charge in [-0.3, -0.25) is 29.0 Å². The molecule has 13 nitrogen and oxygen atoms in total. The van der Waals surface area contributed by atoms with E-state index in [1.807, 2.05) is 16.7 Å². The predicted octanol–water partition coefficient (Wildman–Crippen LogP) is 0.260. The van der Waals surface area contributed by atoms with Crippen LogP contribution < -0.4 is 11.1 Å². The summed E-state index contributed by atoms with van der Waals surface area (Å²) in [5, 5.41) is 60.5. The molecule has 1 aromatic carbocycles. The molecule has 8 atom stereocenters. The van der Waals surface area contributed by atoms with E-state index in [0.717, 1.165) is 12.3 Å². The quantitative estimate of drug-likeness (QED) is 0.172. The fourth-order valence-corrected chi connectivity index (χ4v) is 8.36. The second-order valence-corrected chi connectivity index (χ2v) is 13.9. The number of fused-ring (bicyclic) bond motifs is 3. The summed E-state index contributed by atoms with van der Waals surface area (Å²) in [5.74, 6) is -9.23. The Morgan fingerprint density at radius 3 is 2.43 bits per heavy atom. The number of phenols is 1. The molecule has 1 heterocycles. The Hall–Kier alpha value is -3.43. The minimum absolute atomic E-state index is 0.0204. The van der Waals surface area contributed by atoms with Crippen LogP contribution in [0.4, 0.5) is 5.69 Å². The molecular formula is C30H38N4O9S. The molecule has 0 spiro atoms. The summed E-state index contributed by atoms with van der Waals surface area (Å²) in [6.07, 6.45) is -1.68. The van der Waals surface area contributed by atoms with E-state index in [1.165, 1.54) is 25.1 Å². The highest BCUT2D eigenvalue weighted by Crippen LogP contribution is 2.56. The molecular weight excluding hydrogens is 592 g/mol. The normalized spacial score (nSPS) is 33.1. The summed E-state index contributed by atoms with van der Waals surface area (Å²) in [5.41, 5.74) is 1.03. The van der Waals surface area contributed by atoms with E-state index in [9.17, 15) is 44.7 Å². The maximum absolute atomic E-state index is 14.1. The third kappa shape index (κ3) is 4.53. The van der Waals surface area contributed by atoms with Crippen LogP contribution in [0.25, 0.3) is 5.76 Å². The minimum Gasteiger partial charge on any atom is -0.508 e. The lowest BCUT2D eigenvalue weighted by Crippen LogP contribution is -2.70. The lowest BCUT2D eigenvalue weighted by Gasteiger charge is -2.53. The predicted molar refractivity (Wildman–Crippen MR) is 162 cm³/mol. The second-order valence-electron chi connectivity index (χ2n) is 12.3. The highest BCUT2D eigenvalue weighted by Gasteiger charge is 2.68. The van der Waals surface area contributed by atoms with Crippen LogP contribution in [0.15, 0.2) is 29.0 Å². The number of amides is 2. The van der Waals surface area contributed by atoms with Crippen LogP contribution in [0.5, 0.6) is 5.75 Å². The maximum Gasteiger partial charge on any atom is 0.255 e. The number of anilines is 1. The molecule has 5 rings (SSSR count). The molecule has 4 aliphatic rings. The molecule has 0 bridgehead atoms. The van der Waals surface area contributed by atoms with E-state index in [-0.39, 0.29) is 17.2 Å². The summed E-state index contributed by atoms with van der Waals surface area (Å²) in [6, 6.07) is 1.08. The van der Waals surface area contributed by atoms with Gasteiger partial charge in [0.2, 0.25) is 11.7 Å². The van der Waals surface area contributed by atoms with Gasteiger partial charge in [-0.05, 0) is 38.6 Å². The number of likely N-dealkylation sites (N-methyl/N-ethyl adjacent to an activating group) is 1. The zero-order chi connectivity index (χ0) is 32.6. The highest BCUT2D eigenvalue weighted by atomic mass is 32.2. The number of hydrogen-bond acceptors (Lipinski definition) is 12. The summed E-state index contributed by atoms with van der Waals surface area (Å²) in [7, 11) is 2.90. The van der Waals surface area contributed by atoms with Gasteiger partial charge in [0, 0.05) is 35.6 Å². The smallest absolute Gasteiger partial charge is 0.255 e. The number of aliphatic hydroxyl groups is 4. The van der Waals surface area contributed by atoms with Crippen LogP contribution in [-0.4, -0.2) is 121 Å². The number of hydrogen-bond donors (Lipinski definition) is 7. The van der Waals surface area contributed by atoms with Crippen molar-refractivity contribution < 1.29 is 44.7 Å². The SMILES string of the molecule is CC1CN(C(C)C(=O)Nc2ccc3c(c2O)C(O)=C2C(=O)C4(O)C(O)=C(C(N)=O)C(=O)[C@@H](N(C)C)C4C(O)C2C3C)CCS1. The molecule has 238 valence electrons. The van der Waals surface area contributed by atoms with Crippen molar-refractivity contribution in [3.8, 4) is 5.75 Å². The standard InChI is InChI=1S/C30H38N4O9S/c1-11-10-34(8-9-44-11)13(3)29(42)32-15-7-6-14-12(2)16-18(23(36)17(14)22(15)35)26(39)30(43)20(24(16)37)21(33(4)5)25(38)19(27(30)40)28(31)41/h6-7,11-13,16,20-21,24,35-37,40,43H,8-10H2,1-5H3,(H2,31,41)(H,32,42)/t11?,12?,13?,16?,20?,21-,24?,30?/m0/s1. The largest absolute Gasteiger partial charge is 0.508 e. The van der Waals surface area contributed by atoms with Crippen molar-refractivity contribution >= 4 is 46.6 Å². The molecule has 0 radical (unpaired) electrons. The molecule has 3 aliphatic carbocycles. The van der Waals surface area contributed by atoms with Gasteiger partial charge in [-0.2, -0.15) is 11.8 Å². The first-order chi connectivity index (χ1) is 20.5. The number of aliphatic hydroxyl groups excluding tert-OH is 3. The van der Waals surface area contributed by atoms with Crippen LogP contribution in [0, 0.1) is 11.8 Å². The van der Waals surface area contributed by atoms with Gasteiger partial charge in [0.1, 0.15) is 22.8 Å². The van der Waals surface area contributed by atoms with Gasteiger partial charge in [0.15, 0.2) is 11.4 Å². The number of thioether (sulfide) groups is 1. The molecule has 1 aliphatic heterocycles. The molecule has 7 unspecified atom stereocenters. The number of primary amides is 1. The Labute approximate surface area is 258 Å². The summed E-state index contributed by atoms with van der Waals surface area (Å²) < 4.78 is 0. The zero-order valence-electron chi connectivity index (χ0n) is 25.1. The average molecular weight is 631 g/mol. The molecule has 1 saturated heterocycles. The Morgan fingerprint density at radius 2 is 1.84 bits per heavy atom. The molecule has 44 heavy (non-hydrogen) atoms. The van der Waals surface area contributed by atoms with Crippen LogP contribution in [-0.2, 0) is 19.2 Å². The first-order valence-electron chi connectivity index (χ1n) is 14.4. The Bertz CT molecular complexity index is 1520. The molecule has 0 aromatic heterocycles. The number of phenolic OH excluding ortho intramolecular Hbond substituents is 1. The number of carbonyl (C=O) groups is 4.